The third-order valence-corrected chi connectivity index (χ3v) is 6.04. The lowest BCUT2D eigenvalue weighted by molar-refractivity contribution is -0.135. The van der Waals surface area contributed by atoms with Crippen molar-refractivity contribution in [1.29, 1.82) is 0 Å². The van der Waals surface area contributed by atoms with Gasteiger partial charge in [0.1, 0.15) is 0 Å². The first kappa shape index (κ1) is 18.4. The summed E-state index contributed by atoms with van der Waals surface area (Å²) in [4.78, 5) is 17.2. The van der Waals surface area contributed by atoms with Gasteiger partial charge in [0, 0.05) is 64.1 Å². The second-order valence-corrected chi connectivity index (χ2v) is 7.60. The van der Waals surface area contributed by atoms with Crippen molar-refractivity contribution in [3.63, 3.8) is 0 Å². The van der Waals surface area contributed by atoms with Gasteiger partial charge in [-0.05, 0) is 39.0 Å². The molecular formula is C19H32N4O2. The fourth-order valence-electron chi connectivity index (χ4n) is 4.53. The molecule has 1 aromatic rings. The van der Waals surface area contributed by atoms with Crippen LogP contribution in [0.3, 0.4) is 0 Å². The minimum atomic E-state index is 0.317. The average molecular weight is 348 g/mol. The Bertz CT molecular complexity index is 613. The number of methoxy groups -OCH3 is 1. The highest BCUT2D eigenvalue weighted by Crippen LogP contribution is 2.31. The zero-order valence-electron chi connectivity index (χ0n) is 16.1. The molecule has 2 fully saturated rings. The summed E-state index contributed by atoms with van der Waals surface area (Å²) in [6.07, 6.45) is 3.93. The van der Waals surface area contributed by atoms with Crippen molar-refractivity contribution < 1.29 is 9.53 Å². The van der Waals surface area contributed by atoms with Crippen molar-refractivity contribution in [1.82, 2.24) is 19.6 Å². The maximum Gasteiger partial charge on any atom is 0.222 e. The molecule has 1 aromatic heterocycles. The quantitative estimate of drug-likeness (QED) is 0.815. The number of hydrogen-bond acceptors (Lipinski definition) is 4. The lowest BCUT2D eigenvalue weighted by atomic mass is 9.88. The van der Waals surface area contributed by atoms with Crippen molar-refractivity contribution in [3.05, 3.63) is 17.0 Å². The number of rotatable bonds is 5. The number of nitrogens with zero attached hydrogens (tertiary/aromatic N) is 4. The monoisotopic (exact) mass is 348 g/mol. The Morgan fingerprint density at radius 3 is 2.76 bits per heavy atom. The van der Waals surface area contributed by atoms with Crippen molar-refractivity contribution in [2.75, 3.05) is 33.4 Å². The number of hydrogen-bond donors (Lipinski definition) is 0. The van der Waals surface area contributed by atoms with E-state index in [1.807, 2.05) is 11.7 Å². The van der Waals surface area contributed by atoms with Crippen LogP contribution in [0.4, 0.5) is 0 Å². The van der Waals surface area contributed by atoms with E-state index in [-0.39, 0.29) is 0 Å². The van der Waals surface area contributed by atoms with Crippen molar-refractivity contribution in [2.24, 2.45) is 13.0 Å². The molecule has 0 radical (unpaired) electrons. The average Bonchev–Trinajstić information content (AvgIpc) is 2.74. The van der Waals surface area contributed by atoms with Crippen LogP contribution >= 0.6 is 0 Å². The van der Waals surface area contributed by atoms with Gasteiger partial charge in [0.05, 0.1) is 12.3 Å². The van der Waals surface area contributed by atoms with E-state index in [1.54, 1.807) is 7.11 Å². The normalized spacial score (nSPS) is 25.1. The van der Waals surface area contributed by atoms with E-state index >= 15 is 0 Å². The summed E-state index contributed by atoms with van der Waals surface area (Å²) in [5.74, 6) is 0.895. The summed E-state index contributed by atoms with van der Waals surface area (Å²) in [7, 11) is 3.73. The van der Waals surface area contributed by atoms with Crippen LogP contribution in [0.5, 0.6) is 0 Å². The Hall–Kier alpha value is -1.40. The molecular weight excluding hydrogens is 316 g/mol. The first-order valence-corrected chi connectivity index (χ1v) is 9.51. The lowest BCUT2D eigenvalue weighted by Crippen LogP contribution is -2.52. The van der Waals surface area contributed by atoms with Gasteiger partial charge >= 0.3 is 0 Å². The second-order valence-electron chi connectivity index (χ2n) is 7.60. The molecule has 0 spiro atoms. The zero-order chi connectivity index (χ0) is 18.0. The Morgan fingerprint density at radius 1 is 1.28 bits per heavy atom. The molecule has 0 aliphatic carbocycles. The summed E-state index contributed by atoms with van der Waals surface area (Å²) in [5.41, 5.74) is 3.76. The molecule has 0 bridgehead atoms. The Kier molecular flexibility index (Phi) is 5.79. The number of amides is 1. The summed E-state index contributed by atoms with van der Waals surface area (Å²) in [6, 6.07) is 0.387. The number of aryl methyl sites for hydroxylation is 2. The highest BCUT2D eigenvalue weighted by Gasteiger charge is 2.37. The molecule has 1 amide bonds. The lowest BCUT2D eigenvalue weighted by Gasteiger charge is -2.42. The van der Waals surface area contributed by atoms with Crippen molar-refractivity contribution in [2.45, 2.75) is 52.1 Å². The van der Waals surface area contributed by atoms with Crippen LogP contribution in [0.1, 0.15) is 42.6 Å². The molecule has 2 saturated heterocycles. The fraction of sp³-hybridized carbons (Fsp3) is 0.789. The molecule has 0 unspecified atom stereocenters. The van der Waals surface area contributed by atoms with Crippen LogP contribution in [0.15, 0.2) is 0 Å². The van der Waals surface area contributed by atoms with Gasteiger partial charge in [-0.15, -0.1) is 0 Å². The number of aromatic nitrogens is 2. The van der Waals surface area contributed by atoms with Gasteiger partial charge in [-0.25, -0.2) is 0 Å². The van der Waals surface area contributed by atoms with E-state index in [4.69, 9.17) is 4.74 Å². The number of likely N-dealkylation sites (tertiary alicyclic amines) is 2. The number of carbonyl (C=O) groups is 1. The highest BCUT2D eigenvalue weighted by atomic mass is 16.5. The molecule has 25 heavy (non-hydrogen) atoms. The van der Waals surface area contributed by atoms with Crippen LogP contribution < -0.4 is 0 Å². The summed E-state index contributed by atoms with van der Waals surface area (Å²) < 4.78 is 7.21. The fourth-order valence-corrected chi connectivity index (χ4v) is 4.53. The van der Waals surface area contributed by atoms with Crippen LogP contribution in [0, 0.1) is 19.8 Å². The van der Waals surface area contributed by atoms with Crippen LogP contribution in [0.25, 0.3) is 0 Å². The molecule has 2 aliphatic heterocycles. The van der Waals surface area contributed by atoms with E-state index in [0.717, 1.165) is 51.1 Å². The maximum absolute atomic E-state index is 12.5. The van der Waals surface area contributed by atoms with Gasteiger partial charge < -0.3 is 9.64 Å². The SMILES string of the molecule is COCCN1C(=O)CCC[C@H]2CN(Cc3c(C)nn(C)c3C)CC[C@H]21. The standard InChI is InChI=1S/C19H32N4O2/c1-14-17(15(2)21(3)20-14)13-22-9-8-18-16(12-22)6-5-7-19(24)23(18)10-11-25-4/h16,18H,5-13H2,1-4H3/t16-,18+/m0/s1. The Morgan fingerprint density at radius 2 is 2.08 bits per heavy atom. The van der Waals surface area contributed by atoms with Crippen LogP contribution in [-0.4, -0.2) is 64.9 Å². The summed E-state index contributed by atoms with van der Waals surface area (Å²) in [5, 5.41) is 4.55. The topological polar surface area (TPSA) is 50.6 Å². The first-order chi connectivity index (χ1) is 12.0. The van der Waals surface area contributed by atoms with E-state index in [2.05, 4.69) is 28.7 Å². The van der Waals surface area contributed by atoms with Crippen LogP contribution in [0.2, 0.25) is 0 Å². The molecule has 2 atom stereocenters. The van der Waals surface area contributed by atoms with Gasteiger partial charge in [0.2, 0.25) is 5.91 Å². The number of ether oxygens (including phenoxy) is 1. The van der Waals surface area contributed by atoms with Crippen molar-refractivity contribution >= 4 is 5.91 Å². The van der Waals surface area contributed by atoms with Crippen molar-refractivity contribution in [3.8, 4) is 0 Å². The number of fused-ring (bicyclic) bond motifs is 1. The second kappa shape index (κ2) is 7.87. The van der Waals surface area contributed by atoms with Crippen LogP contribution in [-0.2, 0) is 23.1 Å². The molecule has 0 aromatic carbocycles. The summed E-state index contributed by atoms with van der Waals surface area (Å²) in [6.45, 7) is 8.72. The molecule has 3 heterocycles. The molecule has 2 aliphatic rings. The Labute approximate surface area is 151 Å². The molecule has 0 saturated carbocycles. The molecule has 3 rings (SSSR count). The molecule has 140 valence electrons. The third kappa shape index (κ3) is 3.90. The summed E-state index contributed by atoms with van der Waals surface area (Å²) >= 11 is 0. The predicted octanol–water partition coefficient (Wildman–Crippen LogP) is 1.89. The van der Waals surface area contributed by atoms with E-state index in [0.29, 0.717) is 30.9 Å². The highest BCUT2D eigenvalue weighted by molar-refractivity contribution is 5.76. The minimum absolute atomic E-state index is 0.317. The van der Waals surface area contributed by atoms with Gasteiger partial charge in [-0.1, -0.05) is 0 Å². The molecule has 0 N–H and O–H groups in total. The van der Waals surface area contributed by atoms with Gasteiger partial charge in [0.15, 0.2) is 0 Å². The van der Waals surface area contributed by atoms with Gasteiger partial charge in [-0.3, -0.25) is 14.4 Å². The maximum atomic E-state index is 12.5. The number of carbonyl (C=O) groups excluding carboxylic acids is 1. The van der Waals surface area contributed by atoms with E-state index < -0.39 is 0 Å². The predicted molar refractivity (Wildman–Crippen MR) is 97.3 cm³/mol. The number of piperidine rings is 1. The van der Waals surface area contributed by atoms with E-state index in [1.165, 1.54) is 11.3 Å². The van der Waals surface area contributed by atoms with Gasteiger partial charge in [-0.2, -0.15) is 5.10 Å². The van der Waals surface area contributed by atoms with Gasteiger partial charge in [0.25, 0.3) is 0 Å². The largest absolute Gasteiger partial charge is 0.383 e. The first-order valence-electron chi connectivity index (χ1n) is 9.51. The minimum Gasteiger partial charge on any atom is -0.383 e. The smallest absolute Gasteiger partial charge is 0.222 e. The Balaban J connectivity index is 1.69. The third-order valence-electron chi connectivity index (χ3n) is 6.04. The molecule has 6 nitrogen and oxygen atoms in total. The zero-order valence-corrected chi connectivity index (χ0v) is 16.1. The van der Waals surface area contributed by atoms with E-state index in [9.17, 15) is 4.79 Å². The molecule has 6 heteroatoms.